The number of fused-ring (bicyclic) bond motifs is 2. The van der Waals surface area contributed by atoms with E-state index in [9.17, 15) is 15.8 Å². The Hall–Kier alpha value is -3.57. The molecule has 0 amide bonds. The molecule has 8 heteroatoms. The number of ether oxygens (including phenoxy) is 3. The number of hydrogen-bond donors (Lipinski definition) is 1. The van der Waals surface area contributed by atoms with E-state index in [4.69, 9.17) is 31.2 Å². The predicted octanol–water partition coefficient (Wildman–Crippen LogP) is 4.47. The Bertz CT molecular complexity index is 1180. The van der Waals surface area contributed by atoms with Gasteiger partial charge in [0.05, 0.1) is 31.2 Å². The molecule has 4 atom stereocenters. The average molecular weight is 433 g/mol. The van der Waals surface area contributed by atoms with E-state index in [1.807, 2.05) is 12.1 Å². The number of benzene rings is 2. The fourth-order valence-corrected chi connectivity index (χ4v) is 4.98. The minimum absolute atomic E-state index is 0.285. The first-order valence-electron chi connectivity index (χ1n) is 9.41. The zero-order chi connectivity index (χ0) is 22.4. The van der Waals surface area contributed by atoms with Gasteiger partial charge in [-0.1, -0.05) is 41.9 Å². The predicted molar refractivity (Wildman–Crippen MR) is 110 cm³/mol. The molecule has 4 unspecified atom stereocenters. The summed E-state index contributed by atoms with van der Waals surface area (Å²) in [5, 5.41) is 39.9. The third kappa shape index (κ3) is 2.50. The van der Waals surface area contributed by atoms with Gasteiger partial charge in [-0.3, -0.25) is 5.41 Å². The number of nitriles is 3. The molecule has 2 saturated heterocycles. The summed E-state index contributed by atoms with van der Waals surface area (Å²) in [6, 6.07) is 19.7. The van der Waals surface area contributed by atoms with Crippen LogP contribution in [0, 0.1) is 50.2 Å². The highest BCUT2D eigenvalue weighted by atomic mass is 35.5. The van der Waals surface area contributed by atoms with E-state index < -0.39 is 34.5 Å². The van der Waals surface area contributed by atoms with Gasteiger partial charge >= 0.3 is 0 Å². The standard InChI is InChI=1S/C23H17ClN4O3/c1-21-18(14-7-9-15(29-2)10-8-14)23(13-27,20(28)31-21)22(11-25,12-26)19(30-21)16-5-3-4-6-17(16)24/h3-10,18-19,28H,1-2H3. The van der Waals surface area contributed by atoms with E-state index in [1.54, 1.807) is 55.5 Å². The minimum Gasteiger partial charge on any atom is -0.497 e. The van der Waals surface area contributed by atoms with Gasteiger partial charge in [0.2, 0.25) is 17.1 Å². The molecule has 31 heavy (non-hydrogen) atoms. The molecule has 154 valence electrons. The van der Waals surface area contributed by atoms with Crippen LogP contribution in [0.3, 0.4) is 0 Å². The van der Waals surface area contributed by atoms with Gasteiger partial charge in [0.15, 0.2) is 5.41 Å². The summed E-state index contributed by atoms with van der Waals surface area (Å²) in [6.07, 6.45) is -1.21. The van der Waals surface area contributed by atoms with Crippen LogP contribution in [0.5, 0.6) is 5.75 Å². The van der Waals surface area contributed by atoms with E-state index >= 15 is 0 Å². The topological polar surface area (TPSA) is 123 Å². The van der Waals surface area contributed by atoms with Crippen molar-refractivity contribution in [2.45, 2.75) is 24.7 Å². The van der Waals surface area contributed by atoms with Crippen molar-refractivity contribution in [2.24, 2.45) is 10.8 Å². The van der Waals surface area contributed by atoms with Crippen molar-refractivity contribution in [1.29, 1.82) is 21.2 Å². The molecule has 1 N–H and O–H groups in total. The maximum absolute atomic E-state index is 10.4. The molecule has 2 fully saturated rings. The Kier molecular flexibility index (Phi) is 4.67. The highest BCUT2D eigenvalue weighted by Crippen LogP contribution is 2.69. The smallest absolute Gasteiger partial charge is 0.218 e. The van der Waals surface area contributed by atoms with E-state index in [2.05, 4.69) is 6.07 Å². The van der Waals surface area contributed by atoms with Gasteiger partial charge in [0, 0.05) is 17.5 Å². The first kappa shape index (κ1) is 20.7. The molecule has 2 aromatic carbocycles. The lowest BCUT2D eigenvalue weighted by Crippen LogP contribution is -2.57. The van der Waals surface area contributed by atoms with Gasteiger partial charge in [-0.25, -0.2) is 0 Å². The maximum Gasteiger partial charge on any atom is 0.218 e. The number of hydrogen-bond acceptors (Lipinski definition) is 7. The molecule has 2 heterocycles. The van der Waals surface area contributed by atoms with Crippen molar-refractivity contribution in [3.05, 3.63) is 64.7 Å². The van der Waals surface area contributed by atoms with Crippen LogP contribution < -0.4 is 4.74 Å². The number of nitrogens with zero attached hydrogens (tertiary/aromatic N) is 3. The number of nitrogens with one attached hydrogen (secondary N) is 1. The number of halogens is 1. The molecule has 2 aliphatic rings. The van der Waals surface area contributed by atoms with E-state index in [1.165, 1.54) is 7.11 Å². The largest absolute Gasteiger partial charge is 0.497 e. The highest BCUT2D eigenvalue weighted by Gasteiger charge is 2.79. The highest BCUT2D eigenvalue weighted by molar-refractivity contribution is 6.31. The zero-order valence-corrected chi connectivity index (χ0v) is 17.5. The second kappa shape index (κ2) is 7.00. The van der Waals surface area contributed by atoms with Crippen molar-refractivity contribution < 1.29 is 14.2 Å². The maximum atomic E-state index is 10.4. The summed E-state index contributed by atoms with van der Waals surface area (Å²) in [4.78, 5) is 0. The second-order valence-corrected chi connectivity index (χ2v) is 8.03. The molecule has 7 nitrogen and oxygen atoms in total. The van der Waals surface area contributed by atoms with Crippen molar-refractivity contribution in [3.8, 4) is 24.0 Å². The fraction of sp³-hybridized carbons (Fsp3) is 0.304. The van der Waals surface area contributed by atoms with Crippen LogP contribution in [0.2, 0.25) is 5.02 Å². The second-order valence-electron chi connectivity index (χ2n) is 7.62. The normalized spacial score (nSPS) is 30.4. The van der Waals surface area contributed by atoms with Crippen LogP contribution in [-0.2, 0) is 9.47 Å². The summed E-state index contributed by atoms with van der Waals surface area (Å²) in [5.74, 6) is -2.28. The molecule has 0 radical (unpaired) electrons. The van der Waals surface area contributed by atoms with Crippen LogP contribution in [0.4, 0.5) is 0 Å². The Morgan fingerprint density at radius 2 is 1.68 bits per heavy atom. The van der Waals surface area contributed by atoms with Gasteiger partial charge in [-0.2, -0.15) is 15.8 Å². The lowest BCUT2D eigenvalue weighted by Gasteiger charge is -2.49. The van der Waals surface area contributed by atoms with Crippen LogP contribution in [-0.4, -0.2) is 18.8 Å². The third-order valence-electron chi connectivity index (χ3n) is 6.15. The summed E-state index contributed by atoms with van der Waals surface area (Å²) in [6.45, 7) is 1.61. The van der Waals surface area contributed by atoms with Gasteiger partial charge in [-0.15, -0.1) is 0 Å². The van der Waals surface area contributed by atoms with Crippen LogP contribution in [0.25, 0.3) is 0 Å². The van der Waals surface area contributed by atoms with Crippen LogP contribution in [0.15, 0.2) is 48.5 Å². The number of rotatable bonds is 3. The van der Waals surface area contributed by atoms with Crippen LogP contribution in [0.1, 0.15) is 30.1 Å². The van der Waals surface area contributed by atoms with Gasteiger partial charge in [0.25, 0.3) is 0 Å². The van der Waals surface area contributed by atoms with E-state index in [-0.39, 0.29) is 5.02 Å². The van der Waals surface area contributed by atoms with Crippen molar-refractivity contribution >= 4 is 17.5 Å². The molecule has 2 aromatic rings. The number of methoxy groups -OCH3 is 1. The minimum atomic E-state index is -2.09. The molecule has 0 aliphatic carbocycles. The first-order chi connectivity index (χ1) is 14.8. The molecule has 2 bridgehead atoms. The summed E-state index contributed by atoms with van der Waals surface area (Å²) in [7, 11) is 1.53. The zero-order valence-electron chi connectivity index (χ0n) is 16.7. The summed E-state index contributed by atoms with van der Waals surface area (Å²) in [5.41, 5.74) is -3.06. The monoisotopic (exact) mass is 432 g/mol. The van der Waals surface area contributed by atoms with Crippen molar-refractivity contribution in [3.63, 3.8) is 0 Å². The van der Waals surface area contributed by atoms with Gasteiger partial charge < -0.3 is 14.2 Å². The Morgan fingerprint density at radius 3 is 2.23 bits per heavy atom. The van der Waals surface area contributed by atoms with Gasteiger partial charge in [-0.05, 0) is 23.8 Å². The fourth-order valence-electron chi connectivity index (χ4n) is 4.75. The SMILES string of the molecule is COc1ccc(C2C3(C)OC(=N)C2(C#N)C(C#N)(C#N)C(c2ccccc2Cl)O3)cc1. The lowest BCUT2D eigenvalue weighted by atomic mass is 9.52. The van der Waals surface area contributed by atoms with Crippen molar-refractivity contribution in [1.82, 2.24) is 0 Å². The Balaban J connectivity index is 2.02. The Labute approximate surface area is 184 Å². The molecule has 0 saturated carbocycles. The molecular weight excluding hydrogens is 416 g/mol. The van der Waals surface area contributed by atoms with Crippen molar-refractivity contribution in [2.75, 3.05) is 7.11 Å². The molecule has 0 aromatic heterocycles. The third-order valence-corrected chi connectivity index (χ3v) is 6.50. The lowest BCUT2D eigenvalue weighted by molar-refractivity contribution is -0.253. The first-order valence-corrected chi connectivity index (χ1v) is 9.79. The average Bonchev–Trinajstić information content (AvgIpc) is 2.97. The molecule has 4 rings (SSSR count). The van der Waals surface area contributed by atoms with E-state index in [0.29, 0.717) is 16.9 Å². The van der Waals surface area contributed by atoms with Crippen LogP contribution >= 0.6 is 11.6 Å². The quantitative estimate of drug-likeness (QED) is 0.763. The Morgan fingerprint density at radius 1 is 1.03 bits per heavy atom. The van der Waals surface area contributed by atoms with Gasteiger partial charge in [0.1, 0.15) is 11.9 Å². The summed E-state index contributed by atoms with van der Waals surface area (Å²) < 4.78 is 17.3. The van der Waals surface area contributed by atoms with E-state index in [0.717, 1.165) is 0 Å². The summed E-state index contributed by atoms with van der Waals surface area (Å²) >= 11 is 6.38. The molecule has 2 aliphatic heterocycles. The molecule has 0 spiro atoms. The molecular formula is C23H17ClN4O3.